The molecule has 0 spiro atoms. The van der Waals surface area contributed by atoms with Crippen LogP contribution in [0.3, 0.4) is 0 Å². The number of carbonyl (C=O) groups excluding carboxylic acids is 2. The van der Waals surface area contributed by atoms with Gasteiger partial charge in [0.1, 0.15) is 12.1 Å². The number of ether oxygens (including phenoxy) is 2. The highest BCUT2D eigenvalue weighted by Crippen LogP contribution is 2.02. The molecule has 6 nitrogen and oxygen atoms in total. The Balaban J connectivity index is 3.92. The summed E-state index contributed by atoms with van der Waals surface area (Å²) in [7, 11) is 0. The van der Waals surface area contributed by atoms with Gasteiger partial charge in [-0.1, -0.05) is 27.7 Å². The van der Waals surface area contributed by atoms with Crippen LogP contribution in [0.2, 0.25) is 0 Å². The van der Waals surface area contributed by atoms with E-state index in [0.717, 1.165) is 0 Å². The molecule has 0 rings (SSSR count). The Morgan fingerprint density at radius 2 is 1.18 bits per heavy atom. The molecule has 0 aliphatic carbocycles. The van der Waals surface area contributed by atoms with Gasteiger partial charge in [0.05, 0.1) is 0 Å². The van der Waals surface area contributed by atoms with Gasteiger partial charge in [-0.15, -0.1) is 0 Å². The van der Waals surface area contributed by atoms with E-state index in [4.69, 9.17) is 20.9 Å². The second kappa shape index (κ2) is 7.24. The summed E-state index contributed by atoms with van der Waals surface area (Å²) in [5.41, 5.74) is 11.1. The van der Waals surface area contributed by atoms with Gasteiger partial charge < -0.3 is 20.9 Å². The summed E-state index contributed by atoms with van der Waals surface area (Å²) >= 11 is 0. The van der Waals surface area contributed by atoms with Gasteiger partial charge in [-0.05, 0) is 11.8 Å². The summed E-state index contributed by atoms with van der Waals surface area (Å²) < 4.78 is 9.41. The van der Waals surface area contributed by atoms with Gasteiger partial charge in [-0.3, -0.25) is 9.59 Å². The van der Waals surface area contributed by atoms with Crippen LogP contribution in [0, 0.1) is 11.8 Å². The highest BCUT2D eigenvalue weighted by atomic mass is 16.7. The molecule has 0 heterocycles. The number of carbonyl (C=O) groups is 2. The Bertz CT molecular complexity index is 240. The Kier molecular flexibility index (Phi) is 6.75. The number of hydrogen-bond acceptors (Lipinski definition) is 6. The van der Waals surface area contributed by atoms with E-state index in [2.05, 4.69) is 0 Å². The van der Waals surface area contributed by atoms with Crippen molar-refractivity contribution in [3.8, 4) is 0 Å². The van der Waals surface area contributed by atoms with Crippen LogP contribution in [0.25, 0.3) is 0 Å². The van der Waals surface area contributed by atoms with Gasteiger partial charge in [0, 0.05) is 0 Å². The van der Waals surface area contributed by atoms with E-state index in [-0.39, 0.29) is 11.8 Å². The van der Waals surface area contributed by atoms with Crippen molar-refractivity contribution in [3.63, 3.8) is 0 Å². The van der Waals surface area contributed by atoms with Crippen LogP contribution in [0.5, 0.6) is 0 Å². The predicted molar refractivity (Wildman–Crippen MR) is 62.7 cm³/mol. The molecule has 0 aromatic heterocycles. The van der Waals surface area contributed by atoms with Gasteiger partial charge >= 0.3 is 11.9 Å². The lowest BCUT2D eigenvalue weighted by Crippen LogP contribution is -2.39. The van der Waals surface area contributed by atoms with Crippen LogP contribution in [0.1, 0.15) is 27.7 Å². The summed E-state index contributed by atoms with van der Waals surface area (Å²) in [5, 5.41) is 0. The first-order valence-corrected chi connectivity index (χ1v) is 5.61. The molecule has 0 aliphatic heterocycles. The largest absolute Gasteiger partial charge is 0.427 e. The zero-order valence-electron chi connectivity index (χ0n) is 10.8. The van der Waals surface area contributed by atoms with Crippen molar-refractivity contribution in [2.45, 2.75) is 39.8 Å². The molecule has 0 saturated carbocycles. The van der Waals surface area contributed by atoms with Crippen molar-refractivity contribution in [3.05, 3.63) is 0 Å². The van der Waals surface area contributed by atoms with Crippen LogP contribution in [-0.2, 0) is 19.1 Å². The Labute approximate surface area is 102 Å². The SMILES string of the molecule is CC(C)[C@H](N)C(=O)OCOC(=O)[C@@H](N)C(C)C. The fraction of sp³-hybridized carbons (Fsp3) is 0.818. The summed E-state index contributed by atoms with van der Waals surface area (Å²) in [4.78, 5) is 22.6. The van der Waals surface area contributed by atoms with Gasteiger partial charge in [-0.2, -0.15) is 0 Å². The molecule has 0 aliphatic rings. The highest BCUT2D eigenvalue weighted by molar-refractivity contribution is 5.77. The van der Waals surface area contributed by atoms with Gasteiger partial charge in [0.25, 0.3) is 0 Å². The van der Waals surface area contributed by atoms with E-state index >= 15 is 0 Å². The molecule has 0 aromatic rings. The summed E-state index contributed by atoms with van der Waals surface area (Å²) in [5.74, 6) is -1.25. The third-order valence-corrected chi connectivity index (χ3v) is 2.38. The Morgan fingerprint density at radius 3 is 1.41 bits per heavy atom. The second-order valence-electron chi connectivity index (χ2n) is 4.58. The Hall–Kier alpha value is -1.14. The number of nitrogens with two attached hydrogens (primary N) is 2. The van der Waals surface area contributed by atoms with Crippen molar-refractivity contribution in [2.24, 2.45) is 23.3 Å². The first-order chi connectivity index (χ1) is 7.77. The zero-order chi connectivity index (χ0) is 13.6. The molecule has 0 fully saturated rings. The first-order valence-electron chi connectivity index (χ1n) is 5.61. The molecule has 17 heavy (non-hydrogen) atoms. The quantitative estimate of drug-likeness (QED) is 0.505. The fourth-order valence-corrected chi connectivity index (χ4v) is 0.882. The van der Waals surface area contributed by atoms with Crippen LogP contribution in [0.4, 0.5) is 0 Å². The standard InChI is InChI=1S/C11H22N2O4/c1-6(2)8(12)10(14)16-5-17-11(15)9(13)7(3)4/h6-9H,5,12-13H2,1-4H3/t8-,9-/m0/s1. The lowest BCUT2D eigenvalue weighted by atomic mass is 10.1. The predicted octanol–water partition coefficient (Wildman–Crippen LogP) is -0.00310. The molecule has 4 N–H and O–H groups in total. The molecule has 0 saturated heterocycles. The van der Waals surface area contributed by atoms with E-state index in [1.807, 2.05) is 0 Å². The molecule has 0 unspecified atom stereocenters. The third kappa shape index (κ3) is 5.65. The van der Waals surface area contributed by atoms with E-state index < -0.39 is 30.8 Å². The molecule has 100 valence electrons. The van der Waals surface area contributed by atoms with Gasteiger partial charge in [0.15, 0.2) is 0 Å². The lowest BCUT2D eigenvalue weighted by Gasteiger charge is -2.16. The molecular formula is C11H22N2O4. The molecular weight excluding hydrogens is 224 g/mol. The first kappa shape index (κ1) is 15.9. The van der Waals surface area contributed by atoms with Crippen LogP contribution < -0.4 is 11.5 Å². The maximum Gasteiger partial charge on any atom is 0.326 e. The minimum atomic E-state index is -0.715. The number of rotatable bonds is 6. The van der Waals surface area contributed by atoms with Crippen LogP contribution >= 0.6 is 0 Å². The van der Waals surface area contributed by atoms with Gasteiger partial charge in [0.2, 0.25) is 6.79 Å². The normalized spacial score (nSPS) is 14.6. The summed E-state index contributed by atoms with van der Waals surface area (Å²) in [6.07, 6.45) is 0. The molecule has 0 bridgehead atoms. The van der Waals surface area contributed by atoms with Crippen molar-refractivity contribution in [1.29, 1.82) is 0 Å². The number of esters is 2. The van der Waals surface area contributed by atoms with Gasteiger partial charge in [-0.25, -0.2) is 0 Å². The van der Waals surface area contributed by atoms with Crippen molar-refractivity contribution in [2.75, 3.05) is 6.79 Å². The maximum absolute atomic E-state index is 11.3. The molecule has 0 radical (unpaired) electrons. The van der Waals surface area contributed by atoms with E-state index in [1.54, 1.807) is 27.7 Å². The Morgan fingerprint density at radius 1 is 0.882 bits per heavy atom. The lowest BCUT2D eigenvalue weighted by molar-refractivity contribution is -0.170. The van der Waals surface area contributed by atoms with E-state index in [9.17, 15) is 9.59 Å². The summed E-state index contributed by atoms with van der Waals surface area (Å²) in [6.45, 7) is 6.75. The molecule has 0 aromatic carbocycles. The smallest absolute Gasteiger partial charge is 0.326 e. The van der Waals surface area contributed by atoms with Crippen LogP contribution in [0.15, 0.2) is 0 Å². The van der Waals surface area contributed by atoms with Crippen molar-refractivity contribution >= 4 is 11.9 Å². The minimum absolute atomic E-state index is 0.0314. The zero-order valence-corrected chi connectivity index (χ0v) is 10.8. The monoisotopic (exact) mass is 246 g/mol. The molecule has 0 amide bonds. The van der Waals surface area contributed by atoms with E-state index in [0.29, 0.717) is 0 Å². The van der Waals surface area contributed by atoms with Crippen molar-refractivity contribution in [1.82, 2.24) is 0 Å². The van der Waals surface area contributed by atoms with E-state index in [1.165, 1.54) is 0 Å². The second-order valence-corrected chi connectivity index (χ2v) is 4.58. The fourth-order valence-electron chi connectivity index (χ4n) is 0.882. The van der Waals surface area contributed by atoms with Crippen molar-refractivity contribution < 1.29 is 19.1 Å². The average Bonchev–Trinajstić information content (AvgIpc) is 2.26. The topological polar surface area (TPSA) is 105 Å². The highest BCUT2D eigenvalue weighted by Gasteiger charge is 2.21. The summed E-state index contributed by atoms with van der Waals surface area (Å²) in [6, 6.07) is -1.43. The molecule has 2 atom stereocenters. The molecule has 6 heteroatoms. The van der Waals surface area contributed by atoms with Crippen LogP contribution in [-0.4, -0.2) is 30.8 Å². The number of hydrogen-bond donors (Lipinski definition) is 2. The average molecular weight is 246 g/mol. The third-order valence-electron chi connectivity index (χ3n) is 2.38. The minimum Gasteiger partial charge on any atom is -0.427 e. The maximum atomic E-state index is 11.3.